The third-order valence-corrected chi connectivity index (χ3v) is 8.32. The smallest absolute Gasteiger partial charge is 0.0276 e. The molecule has 0 atom stereocenters. The van der Waals surface area contributed by atoms with Gasteiger partial charge in [-0.15, -0.1) is 0 Å². The zero-order valence-electron chi connectivity index (χ0n) is 19.6. The van der Waals surface area contributed by atoms with Crippen LogP contribution in [0, 0.1) is 23.7 Å². The van der Waals surface area contributed by atoms with Crippen LogP contribution in [0.2, 0.25) is 0 Å². The minimum Gasteiger partial charge on any atom is -0.0654 e. The van der Waals surface area contributed by atoms with Crippen molar-refractivity contribution in [1.82, 2.24) is 0 Å². The normalized spacial score (nSPS) is 27.8. The molecule has 2 fully saturated rings. The monoisotopic (exact) mass is 396 g/mol. The van der Waals surface area contributed by atoms with Gasteiger partial charge < -0.3 is 0 Å². The van der Waals surface area contributed by atoms with Crippen LogP contribution in [0.1, 0.15) is 121 Å². The molecular formula is C29H48. The van der Waals surface area contributed by atoms with Crippen LogP contribution >= 0.6 is 0 Å². The first-order chi connectivity index (χ1) is 14.3. The molecule has 1 aromatic carbocycles. The average molecular weight is 397 g/mol. The van der Waals surface area contributed by atoms with Gasteiger partial charge in [0.05, 0.1) is 0 Å². The Morgan fingerprint density at radius 3 is 1.59 bits per heavy atom. The second kappa shape index (κ2) is 12.8. The Balaban J connectivity index is 1.29. The van der Waals surface area contributed by atoms with Crippen molar-refractivity contribution < 1.29 is 0 Å². The van der Waals surface area contributed by atoms with Crippen LogP contribution in [0.5, 0.6) is 0 Å². The Hall–Kier alpha value is -0.780. The maximum Gasteiger partial charge on any atom is -0.0276 e. The predicted octanol–water partition coefficient (Wildman–Crippen LogP) is 9.15. The van der Waals surface area contributed by atoms with Crippen LogP contribution in [0.4, 0.5) is 0 Å². The molecule has 2 aliphatic rings. The molecule has 0 unspecified atom stereocenters. The van der Waals surface area contributed by atoms with Gasteiger partial charge in [-0.2, -0.15) is 0 Å². The lowest BCUT2D eigenvalue weighted by Gasteiger charge is -2.38. The summed E-state index contributed by atoms with van der Waals surface area (Å²) in [6, 6.07) is 9.49. The molecule has 0 nitrogen and oxygen atoms in total. The molecule has 2 saturated carbocycles. The van der Waals surface area contributed by atoms with E-state index < -0.39 is 0 Å². The van der Waals surface area contributed by atoms with E-state index in [1.165, 1.54) is 89.0 Å². The number of aryl methyl sites for hydroxylation is 2. The molecular weight excluding hydrogens is 348 g/mol. The van der Waals surface area contributed by atoms with Crippen molar-refractivity contribution in [2.75, 3.05) is 0 Å². The Morgan fingerprint density at radius 1 is 0.552 bits per heavy atom. The SMILES string of the molecule is CCCCCC[C@H]1CC[C@H]([C@H]2CC[C@H](CCc3ccc(CCC)cc3)CC2)CC1. The molecule has 0 amide bonds. The quantitative estimate of drug-likeness (QED) is 0.327. The van der Waals surface area contributed by atoms with E-state index in [0.29, 0.717) is 0 Å². The molecule has 0 heteroatoms. The van der Waals surface area contributed by atoms with Gasteiger partial charge in [0.15, 0.2) is 0 Å². The Bertz CT molecular complexity index is 526. The molecule has 164 valence electrons. The molecule has 0 saturated heterocycles. The fourth-order valence-corrected chi connectivity index (χ4v) is 6.29. The van der Waals surface area contributed by atoms with E-state index in [1.54, 1.807) is 31.2 Å². The summed E-state index contributed by atoms with van der Waals surface area (Å²) >= 11 is 0. The number of hydrogen-bond donors (Lipinski definition) is 0. The van der Waals surface area contributed by atoms with Crippen molar-refractivity contribution in [1.29, 1.82) is 0 Å². The van der Waals surface area contributed by atoms with E-state index in [0.717, 1.165) is 23.7 Å². The summed E-state index contributed by atoms with van der Waals surface area (Å²) in [6.45, 7) is 4.59. The van der Waals surface area contributed by atoms with Crippen LogP contribution in [-0.4, -0.2) is 0 Å². The minimum atomic E-state index is 0.997. The molecule has 29 heavy (non-hydrogen) atoms. The molecule has 0 bridgehead atoms. The van der Waals surface area contributed by atoms with Crippen molar-refractivity contribution in [3.8, 4) is 0 Å². The summed E-state index contributed by atoms with van der Waals surface area (Å²) in [4.78, 5) is 0. The summed E-state index contributed by atoms with van der Waals surface area (Å²) in [6.07, 6.45) is 24.8. The van der Waals surface area contributed by atoms with Crippen molar-refractivity contribution in [2.24, 2.45) is 23.7 Å². The summed E-state index contributed by atoms with van der Waals surface area (Å²) in [5, 5.41) is 0. The fourth-order valence-electron chi connectivity index (χ4n) is 6.29. The Kier molecular flexibility index (Phi) is 10.1. The molecule has 0 spiro atoms. The molecule has 0 radical (unpaired) electrons. The van der Waals surface area contributed by atoms with Crippen LogP contribution in [0.25, 0.3) is 0 Å². The van der Waals surface area contributed by atoms with E-state index in [-0.39, 0.29) is 0 Å². The van der Waals surface area contributed by atoms with Crippen molar-refractivity contribution >= 4 is 0 Å². The zero-order valence-corrected chi connectivity index (χ0v) is 19.6. The predicted molar refractivity (Wildman–Crippen MR) is 128 cm³/mol. The van der Waals surface area contributed by atoms with Crippen molar-refractivity contribution in [3.05, 3.63) is 35.4 Å². The lowest BCUT2D eigenvalue weighted by atomic mass is 9.68. The van der Waals surface area contributed by atoms with Gasteiger partial charge in [0.2, 0.25) is 0 Å². The summed E-state index contributed by atoms with van der Waals surface area (Å²) in [7, 11) is 0. The summed E-state index contributed by atoms with van der Waals surface area (Å²) in [5.41, 5.74) is 3.07. The van der Waals surface area contributed by atoms with Gasteiger partial charge in [-0.25, -0.2) is 0 Å². The van der Waals surface area contributed by atoms with Gasteiger partial charge in [0.25, 0.3) is 0 Å². The van der Waals surface area contributed by atoms with E-state index in [2.05, 4.69) is 38.1 Å². The topological polar surface area (TPSA) is 0 Å². The highest BCUT2D eigenvalue weighted by Gasteiger charge is 2.30. The third kappa shape index (κ3) is 7.76. The first kappa shape index (κ1) is 22.9. The van der Waals surface area contributed by atoms with Crippen molar-refractivity contribution in [3.63, 3.8) is 0 Å². The molecule has 0 heterocycles. The first-order valence-corrected chi connectivity index (χ1v) is 13.4. The second-order valence-corrected chi connectivity index (χ2v) is 10.5. The molecule has 2 aliphatic carbocycles. The summed E-state index contributed by atoms with van der Waals surface area (Å²) < 4.78 is 0. The lowest BCUT2D eigenvalue weighted by Crippen LogP contribution is -2.26. The van der Waals surface area contributed by atoms with Crippen LogP contribution < -0.4 is 0 Å². The standard InChI is InChI=1S/C29H48/c1-3-5-6-7-9-25-16-20-28(21-17-25)29-22-18-27(19-23-29)15-14-26-12-10-24(8-4-2)11-13-26/h10-13,25,27-29H,3-9,14-23H2,1-2H3/t25-,27-,28-,29-. The highest BCUT2D eigenvalue weighted by atomic mass is 14.4. The molecule has 3 rings (SSSR count). The van der Waals surface area contributed by atoms with Gasteiger partial charge in [-0.1, -0.05) is 102 Å². The van der Waals surface area contributed by atoms with Crippen LogP contribution in [0.15, 0.2) is 24.3 Å². The highest BCUT2D eigenvalue weighted by Crippen LogP contribution is 2.43. The van der Waals surface area contributed by atoms with Gasteiger partial charge in [0.1, 0.15) is 0 Å². The van der Waals surface area contributed by atoms with Gasteiger partial charge in [0, 0.05) is 0 Å². The largest absolute Gasteiger partial charge is 0.0654 e. The highest BCUT2D eigenvalue weighted by molar-refractivity contribution is 5.22. The molecule has 0 aliphatic heterocycles. The molecule has 0 aromatic heterocycles. The van der Waals surface area contributed by atoms with Crippen LogP contribution in [-0.2, 0) is 12.8 Å². The zero-order chi connectivity index (χ0) is 20.3. The molecule has 1 aromatic rings. The van der Waals surface area contributed by atoms with Gasteiger partial charge in [-0.05, 0) is 79.7 Å². The van der Waals surface area contributed by atoms with E-state index in [4.69, 9.17) is 0 Å². The maximum absolute atomic E-state index is 2.39. The van der Waals surface area contributed by atoms with Gasteiger partial charge >= 0.3 is 0 Å². The number of rotatable bonds is 11. The Labute approximate surface area is 182 Å². The Morgan fingerprint density at radius 2 is 1.07 bits per heavy atom. The van der Waals surface area contributed by atoms with E-state index >= 15 is 0 Å². The van der Waals surface area contributed by atoms with Crippen LogP contribution in [0.3, 0.4) is 0 Å². The minimum absolute atomic E-state index is 0.997. The van der Waals surface area contributed by atoms with Crippen molar-refractivity contribution in [2.45, 2.75) is 123 Å². The first-order valence-electron chi connectivity index (χ1n) is 13.4. The number of unbranched alkanes of at least 4 members (excludes halogenated alkanes) is 3. The molecule has 0 N–H and O–H groups in total. The fraction of sp³-hybridized carbons (Fsp3) is 0.793. The lowest BCUT2D eigenvalue weighted by molar-refractivity contribution is 0.140. The number of benzene rings is 1. The summed E-state index contributed by atoms with van der Waals surface area (Å²) in [5.74, 6) is 4.22. The number of hydrogen-bond acceptors (Lipinski definition) is 0. The average Bonchev–Trinajstić information content (AvgIpc) is 2.77. The third-order valence-electron chi connectivity index (χ3n) is 8.32. The maximum atomic E-state index is 2.39. The van der Waals surface area contributed by atoms with Gasteiger partial charge in [-0.3, -0.25) is 0 Å². The van der Waals surface area contributed by atoms with E-state index in [9.17, 15) is 0 Å². The second-order valence-electron chi connectivity index (χ2n) is 10.5. The van der Waals surface area contributed by atoms with E-state index in [1.807, 2.05) is 0 Å².